The monoisotopic (exact) mass is 283 g/mol. The molecule has 2 heterocycles. The first-order valence-corrected chi connectivity index (χ1v) is 7.78. The molecule has 0 saturated heterocycles. The van der Waals surface area contributed by atoms with Gasteiger partial charge in [0.15, 0.2) is 5.01 Å². The van der Waals surface area contributed by atoms with Crippen LogP contribution in [0.1, 0.15) is 31.0 Å². The van der Waals surface area contributed by atoms with E-state index in [9.17, 15) is 0 Å². The lowest BCUT2D eigenvalue weighted by Crippen LogP contribution is -2.15. The van der Waals surface area contributed by atoms with Crippen molar-refractivity contribution in [2.75, 3.05) is 13.1 Å². The van der Waals surface area contributed by atoms with Crippen molar-refractivity contribution in [3.8, 4) is 9.88 Å². The molecule has 0 fully saturated rings. The van der Waals surface area contributed by atoms with E-state index in [1.807, 2.05) is 0 Å². The Labute approximate surface area is 115 Å². The summed E-state index contributed by atoms with van der Waals surface area (Å²) in [6.07, 6.45) is 2.96. The minimum atomic E-state index is 0.931. The highest BCUT2D eigenvalue weighted by Gasteiger charge is 2.14. The summed E-state index contributed by atoms with van der Waals surface area (Å²) in [5.74, 6) is 0. The second kappa shape index (κ2) is 6.86. The second-order valence-electron chi connectivity index (χ2n) is 3.90. The van der Waals surface area contributed by atoms with Crippen molar-refractivity contribution in [3.05, 3.63) is 10.7 Å². The normalized spacial score (nSPS) is 11.0. The quantitative estimate of drug-likeness (QED) is 0.789. The van der Waals surface area contributed by atoms with E-state index in [-0.39, 0.29) is 0 Å². The molecule has 5 nitrogen and oxygen atoms in total. The Morgan fingerprint density at radius 2 is 2.00 bits per heavy atom. The van der Waals surface area contributed by atoms with Crippen LogP contribution >= 0.6 is 22.9 Å². The van der Waals surface area contributed by atoms with Gasteiger partial charge in [0.2, 0.25) is 0 Å². The van der Waals surface area contributed by atoms with Crippen molar-refractivity contribution in [1.82, 2.24) is 25.1 Å². The summed E-state index contributed by atoms with van der Waals surface area (Å²) in [6.45, 7) is 6.19. The molecule has 0 unspecified atom stereocenters. The fourth-order valence-corrected chi connectivity index (χ4v) is 3.22. The van der Waals surface area contributed by atoms with Crippen molar-refractivity contribution < 1.29 is 0 Å². The van der Waals surface area contributed by atoms with Gasteiger partial charge in [-0.05, 0) is 24.5 Å². The molecule has 0 radical (unpaired) electrons. The topological polar surface area (TPSA) is 63.6 Å². The van der Waals surface area contributed by atoms with Gasteiger partial charge in [-0.15, -0.1) is 15.3 Å². The van der Waals surface area contributed by atoms with Crippen LogP contribution in [-0.4, -0.2) is 32.9 Å². The average Bonchev–Trinajstić information content (AvgIpc) is 2.98. The zero-order valence-electron chi connectivity index (χ0n) is 10.6. The molecule has 0 aliphatic carbocycles. The zero-order chi connectivity index (χ0) is 12.8. The Kier molecular flexibility index (Phi) is 5.15. The van der Waals surface area contributed by atoms with Gasteiger partial charge in [-0.25, -0.2) is 0 Å². The molecular weight excluding hydrogens is 266 g/mol. The van der Waals surface area contributed by atoms with Gasteiger partial charge in [-0.3, -0.25) is 0 Å². The average molecular weight is 283 g/mol. The standard InChI is InChI=1S/C11H17N5S2/c1-3-5-8-10(18-16-13-8)11-15-14-9(17-11)6-7-12-4-2/h12H,3-7H2,1-2H3. The number of rotatable bonds is 7. The smallest absolute Gasteiger partial charge is 0.161 e. The fourth-order valence-electron chi connectivity index (χ4n) is 1.59. The number of hydrogen-bond donors (Lipinski definition) is 1. The lowest BCUT2D eigenvalue weighted by atomic mass is 10.2. The maximum absolute atomic E-state index is 4.25. The maximum Gasteiger partial charge on any atom is 0.161 e. The van der Waals surface area contributed by atoms with Crippen molar-refractivity contribution in [2.45, 2.75) is 33.1 Å². The van der Waals surface area contributed by atoms with Crippen LogP contribution in [0.2, 0.25) is 0 Å². The summed E-state index contributed by atoms with van der Waals surface area (Å²) in [5, 5.41) is 18.0. The third-order valence-electron chi connectivity index (χ3n) is 2.47. The molecule has 0 spiro atoms. The van der Waals surface area contributed by atoms with E-state index in [2.05, 4.69) is 38.9 Å². The molecule has 0 aromatic carbocycles. The van der Waals surface area contributed by atoms with Crippen LogP contribution in [0, 0.1) is 0 Å². The second-order valence-corrected chi connectivity index (χ2v) is 5.72. The summed E-state index contributed by atoms with van der Waals surface area (Å²) in [4.78, 5) is 1.09. The third kappa shape index (κ3) is 3.30. The lowest BCUT2D eigenvalue weighted by Gasteiger charge is -1.96. The van der Waals surface area contributed by atoms with Crippen LogP contribution in [-0.2, 0) is 12.8 Å². The molecular formula is C11H17N5S2. The minimum Gasteiger partial charge on any atom is -0.317 e. The Hall–Kier alpha value is -0.920. The molecule has 0 aliphatic rings. The van der Waals surface area contributed by atoms with E-state index in [0.29, 0.717) is 0 Å². The number of nitrogens with zero attached hydrogens (tertiary/aromatic N) is 4. The van der Waals surface area contributed by atoms with Crippen molar-refractivity contribution in [3.63, 3.8) is 0 Å². The Balaban J connectivity index is 2.06. The predicted octanol–water partition coefficient (Wildman–Crippen LogP) is 2.16. The molecule has 0 aliphatic heterocycles. The lowest BCUT2D eigenvalue weighted by molar-refractivity contribution is 0.710. The van der Waals surface area contributed by atoms with Crippen molar-refractivity contribution in [2.24, 2.45) is 0 Å². The van der Waals surface area contributed by atoms with E-state index in [1.54, 1.807) is 11.3 Å². The van der Waals surface area contributed by atoms with E-state index in [0.717, 1.165) is 52.9 Å². The zero-order valence-corrected chi connectivity index (χ0v) is 12.3. The van der Waals surface area contributed by atoms with Gasteiger partial charge in [0.25, 0.3) is 0 Å². The van der Waals surface area contributed by atoms with Gasteiger partial charge in [0, 0.05) is 13.0 Å². The van der Waals surface area contributed by atoms with Gasteiger partial charge < -0.3 is 5.32 Å². The summed E-state index contributed by atoms with van der Waals surface area (Å²) >= 11 is 3.06. The molecule has 0 atom stereocenters. The Morgan fingerprint density at radius 1 is 1.11 bits per heavy atom. The number of aryl methyl sites for hydroxylation is 1. The summed E-state index contributed by atoms with van der Waals surface area (Å²) < 4.78 is 4.02. The van der Waals surface area contributed by atoms with E-state index < -0.39 is 0 Å². The molecule has 18 heavy (non-hydrogen) atoms. The minimum absolute atomic E-state index is 0.931. The van der Waals surface area contributed by atoms with Crippen LogP contribution in [0.15, 0.2) is 0 Å². The maximum atomic E-state index is 4.25. The molecule has 2 aromatic heterocycles. The van der Waals surface area contributed by atoms with E-state index in [1.165, 1.54) is 11.5 Å². The van der Waals surface area contributed by atoms with Crippen LogP contribution in [0.4, 0.5) is 0 Å². The summed E-state index contributed by atoms with van der Waals surface area (Å²) in [7, 11) is 0. The van der Waals surface area contributed by atoms with Crippen molar-refractivity contribution >= 4 is 22.9 Å². The molecule has 0 saturated carbocycles. The van der Waals surface area contributed by atoms with Gasteiger partial charge in [0.1, 0.15) is 9.88 Å². The van der Waals surface area contributed by atoms with E-state index >= 15 is 0 Å². The number of aromatic nitrogens is 4. The first-order valence-electron chi connectivity index (χ1n) is 6.19. The van der Waals surface area contributed by atoms with Crippen molar-refractivity contribution in [1.29, 1.82) is 0 Å². The SMILES string of the molecule is CCCc1nnsc1-c1nnc(CCNCC)s1. The van der Waals surface area contributed by atoms with Gasteiger partial charge in [-0.2, -0.15) is 0 Å². The highest BCUT2D eigenvalue weighted by molar-refractivity contribution is 7.19. The predicted molar refractivity (Wildman–Crippen MR) is 75.1 cm³/mol. The highest BCUT2D eigenvalue weighted by atomic mass is 32.1. The molecule has 2 aromatic rings. The first kappa shape index (κ1) is 13.5. The number of likely N-dealkylation sites (N-methyl/N-ethyl adjacent to an activating group) is 1. The molecule has 2 rings (SSSR count). The summed E-state index contributed by atoms with van der Waals surface area (Å²) in [6, 6.07) is 0. The van der Waals surface area contributed by atoms with Crippen LogP contribution < -0.4 is 5.32 Å². The van der Waals surface area contributed by atoms with Crippen LogP contribution in [0.3, 0.4) is 0 Å². The first-order chi connectivity index (χ1) is 8.85. The van der Waals surface area contributed by atoms with Crippen LogP contribution in [0.5, 0.6) is 0 Å². The molecule has 98 valence electrons. The third-order valence-corrected chi connectivity index (χ3v) is 4.37. The number of hydrogen-bond acceptors (Lipinski definition) is 7. The Morgan fingerprint density at radius 3 is 2.78 bits per heavy atom. The fraction of sp³-hybridized carbons (Fsp3) is 0.636. The van der Waals surface area contributed by atoms with Gasteiger partial charge >= 0.3 is 0 Å². The summed E-state index contributed by atoms with van der Waals surface area (Å²) in [5.41, 5.74) is 1.05. The van der Waals surface area contributed by atoms with Gasteiger partial charge in [-0.1, -0.05) is 36.1 Å². The van der Waals surface area contributed by atoms with E-state index in [4.69, 9.17) is 0 Å². The van der Waals surface area contributed by atoms with Crippen LogP contribution in [0.25, 0.3) is 9.88 Å². The molecule has 1 N–H and O–H groups in total. The molecule has 7 heteroatoms. The largest absolute Gasteiger partial charge is 0.317 e. The van der Waals surface area contributed by atoms with Gasteiger partial charge in [0.05, 0.1) is 5.69 Å². The molecule has 0 bridgehead atoms. The Bertz CT molecular complexity index is 479. The molecule has 0 amide bonds. The number of nitrogens with one attached hydrogen (secondary N) is 1. The highest BCUT2D eigenvalue weighted by Crippen LogP contribution is 2.29.